The summed E-state index contributed by atoms with van der Waals surface area (Å²) in [4.78, 5) is 11.0. The van der Waals surface area contributed by atoms with Crippen molar-refractivity contribution in [2.24, 2.45) is 0 Å². The Morgan fingerprint density at radius 1 is 1.29 bits per heavy atom. The molecule has 5 nitrogen and oxygen atoms in total. The first-order chi connectivity index (χ1) is 8.20. The standard InChI is InChI=1S/C12H16O5/c1-15-7-4-8-17-11-9(12(13)14)5-3-6-10(11)16-2/h3,5-6H,4,7-8H2,1-2H3,(H,13,14). The third-order valence-corrected chi connectivity index (χ3v) is 2.17. The van der Waals surface area contributed by atoms with Crippen LogP contribution in [0.5, 0.6) is 11.5 Å². The Balaban J connectivity index is 2.82. The molecule has 94 valence electrons. The van der Waals surface area contributed by atoms with Crippen LogP contribution in [0.4, 0.5) is 0 Å². The molecule has 0 saturated carbocycles. The van der Waals surface area contributed by atoms with Gasteiger partial charge >= 0.3 is 5.97 Å². The molecule has 1 aromatic rings. The summed E-state index contributed by atoms with van der Waals surface area (Å²) >= 11 is 0. The average Bonchev–Trinajstić information content (AvgIpc) is 2.34. The van der Waals surface area contributed by atoms with Crippen molar-refractivity contribution in [2.75, 3.05) is 27.4 Å². The third-order valence-electron chi connectivity index (χ3n) is 2.17. The quantitative estimate of drug-likeness (QED) is 0.736. The van der Waals surface area contributed by atoms with E-state index in [0.29, 0.717) is 25.4 Å². The molecular formula is C12H16O5. The van der Waals surface area contributed by atoms with Crippen molar-refractivity contribution >= 4 is 5.97 Å². The van der Waals surface area contributed by atoms with Crippen molar-refractivity contribution in [3.63, 3.8) is 0 Å². The number of rotatable bonds is 7. The van der Waals surface area contributed by atoms with Gasteiger partial charge in [0.25, 0.3) is 0 Å². The predicted molar refractivity (Wildman–Crippen MR) is 61.9 cm³/mol. The molecule has 1 aromatic carbocycles. The van der Waals surface area contributed by atoms with Crippen LogP contribution in [0.3, 0.4) is 0 Å². The van der Waals surface area contributed by atoms with Crippen molar-refractivity contribution in [2.45, 2.75) is 6.42 Å². The molecule has 0 aliphatic carbocycles. The minimum Gasteiger partial charge on any atom is -0.493 e. The van der Waals surface area contributed by atoms with Crippen LogP contribution >= 0.6 is 0 Å². The molecule has 0 unspecified atom stereocenters. The molecule has 0 heterocycles. The highest BCUT2D eigenvalue weighted by atomic mass is 16.5. The molecule has 0 spiro atoms. The molecule has 0 amide bonds. The van der Waals surface area contributed by atoms with Crippen LogP contribution in [0.1, 0.15) is 16.8 Å². The third kappa shape index (κ3) is 3.64. The fourth-order valence-corrected chi connectivity index (χ4v) is 1.37. The van der Waals surface area contributed by atoms with E-state index in [0.717, 1.165) is 0 Å². The minimum atomic E-state index is -1.04. The average molecular weight is 240 g/mol. The van der Waals surface area contributed by atoms with Gasteiger partial charge in [-0.05, 0) is 12.1 Å². The molecule has 17 heavy (non-hydrogen) atoms. The van der Waals surface area contributed by atoms with Gasteiger partial charge in [0.1, 0.15) is 5.56 Å². The molecule has 0 atom stereocenters. The molecule has 0 radical (unpaired) electrons. The number of carbonyl (C=O) groups is 1. The second-order valence-corrected chi connectivity index (χ2v) is 3.34. The van der Waals surface area contributed by atoms with Crippen LogP contribution in [-0.4, -0.2) is 38.5 Å². The number of carboxylic acids is 1. The first-order valence-electron chi connectivity index (χ1n) is 5.22. The van der Waals surface area contributed by atoms with E-state index in [4.69, 9.17) is 19.3 Å². The summed E-state index contributed by atoms with van der Waals surface area (Å²) in [6.45, 7) is 0.950. The van der Waals surface area contributed by atoms with Gasteiger partial charge in [0.05, 0.1) is 13.7 Å². The molecule has 1 N–H and O–H groups in total. The van der Waals surface area contributed by atoms with Crippen molar-refractivity contribution in [1.82, 2.24) is 0 Å². The van der Waals surface area contributed by atoms with Gasteiger partial charge in [0, 0.05) is 20.1 Å². The number of ether oxygens (including phenoxy) is 3. The SMILES string of the molecule is COCCCOc1c(OC)cccc1C(=O)O. The summed E-state index contributed by atoms with van der Waals surface area (Å²) < 4.78 is 15.4. The summed E-state index contributed by atoms with van der Waals surface area (Å²) in [7, 11) is 3.08. The van der Waals surface area contributed by atoms with Crippen LogP contribution < -0.4 is 9.47 Å². The Morgan fingerprint density at radius 2 is 2.06 bits per heavy atom. The fraction of sp³-hybridized carbons (Fsp3) is 0.417. The van der Waals surface area contributed by atoms with Gasteiger partial charge in [-0.1, -0.05) is 6.07 Å². The first-order valence-corrected chi connectivity index (χ1v) is 5.22. The second-order valence-electron chi connectivity index (χ2n) is 3.34. The van der Waals surface area contributed by atoms with E-state index in [-0.39, 0.29) is 11.3 Å². The van der Waals surface area contributed by atoms with Crippen molar-refractivity contribution in [3.8, 4) is 11.5 Å². The smallest absolute Gasteiger partial charge is 0.339 e. The number of carboxylic acid groups (broad SMARTS) is 1. The number of benzene rings is 1. The first kappa shape index (κ1) is 13.3. The lowest BCUT2D eigenvalue weighted by Crippen LogP contribution is -2.07. The largest absolute Gasteiger partial charge is 0.493 e. The lowest BCUT2D eigenvalue weighted by molar-refractivity contribution is 0.0691. The van der Waals surface area contributed by atoms with Crippen molar-refractivity contribution < 1.29 is 24.1 Å². The summed E-state index contributed by atoms with van der Waals surface area (Å²) in [6.07, 6.45) is 0.688. The zero-order valence-electron chi connectivity index (χ0n) is 9.93. The van der Waals surface area contributed by atoms with E-state index in [1.54, 1.807) is 19.2 Å². The fourth-order valence-electron chi connectivity index (χ4n) is 1.37. The molecule has 1 rings (SSSR count). The molecule has 0 saturated heterocycles. The second kappa shape index (κ2) is 6.75. The number of para-hydroxylation sites is 1. The number of aromatic carboxylic acids is 1. The minimum absolute atomic E-state index is 0.0989. The number of hydrogen-bond donors (Lipinski definition) is 1. The van der Waals surface area contributed by atoms with Crippen LogP contribution in [0, 0.1) is 0 Å². The molecule has 5 heteroatoms. The Labute approximate surface area is 99.9 Å². The van der Waals surface area contributed by atoms with Crippen LogP contribution in [-0.2, 0) is 4.74 Å². The molecule has 0 bridgehead atoms. The predicted octanol–water partition coefficient (Wildman–Crippen LogP) is 1.81. The lowest BCUT2D eigenvalue weighted by Gasteiger charge is -2.12. The normalized spacial score (nSPS) is 10.0. The van der Waals surface area contributed by atoms with Crippen molar-refractivity contribution in [1.29, 1.82) is 0 Å². The Kier molecular flexibility index (Phi) is 5.29. The maximum Gasteiger partial charge on any atom is 0.339 e. The topological polar surface area (TPSA) is 65.0 Å². The van der Waals surface area contributed by atoms with Gasteiger partial charge in [-0.15, -0.1) is 0 Å². The van der Waals surface area contributed by atoms with Crippen LogP contribution in [0.15, 0.2) is 18.2 Å². The van der Waals surface area contributed by atoms with E-state index < -0.39 is 5.97 Å². The van der Waals surface area contributed by atoms with Gasteiger partial charge in [-0.25, -0.2) is 4.79 Å². The van der Waals surface area contributed by atoms with E-state index in [9.17, 15) is 4.79 Å². The Bertz CT molecular complexity index is 375. The summed E-state index contributed by atoms with van der Waals surface area (Å²) in [5, 5.41) is 9.03. The molecular weight excluding hydrogens is 224 g/mol. The van der Waals surface area contributed by atoms with E-state index in [1.807, 2.05) is 0 Å². The monoisotopic (exact) mass is 240 g/mol. The zero-order chi connectivity index (χ0) is 12.7. The van der Waals surface area contributed by atoms with Crippen LogP contribution in [0.2, 0.25) is 0 Å². The molecule has 0 fully saturated rings. The van der Waals surface area contributed by atoms with Gasteiger partial charge in [-0.2, -0.15) is 0 Å². The summed E-state index contributed by atoms with van der Waals surface area (Å²) in [5.74, 6) is -0.355. The van der Waals surface area contributed by atoms with Gasteiger partial charge < -0.3 is 19.3 Å². The Morgan fingerprint density at radius 3 is 2.65 bits per heavy atom. The Hall–Kier alpha value is -1.75. The summed E-state index contributed by atoms with van der Waals surface area (Å²) in [6, 6.07) is 4.76. The zero-order valence-corrected chi connectivity index (χ0v) is 9.93. The van der Waals surface area contributed by atoms with E-state index >= 15 is 0 Å². The molecule has 0 aliphatic heterocycles. The van der Waals surface area contributed by atoms with E-state index in [2.05, 4.69) is 0 Å². The lowest BCUT2D eigenvalue weighted by atomic mass is 10.2. The van der Waals surface area contributed by atoms with Gasteiger partial charge in [0.2, 0.25) is 0 Å². The maximum absolute atomic E-state index is 11.0. The van der Waals surface area contributed by atoms with Gasteiger partial charge in [0.15, 0.2) is 11.5 Å². The number of methoxy groups -OCH3 is 2. The highest BCUT2D eigenvalue weighted by molar-refractivity contribution is 5.92. The number of hydrogen-bond acceptors (Lipinski definition) is 4. The highest BCUT2D eigenvalue weighted by Gasteiger charge is 2.15. The highest BCUT2D eigenvalue weighted by Crippen LogP contribution is 2.31. The van der Waals surface area contributed by atoms with Crippen molar-refractivity contribution in [3.05, 3.63) is 23.8 Å². The maximum atomic E-state index is 11.0. The molecule has 0 aromatic heterocycles. The van der Waals surface area contributed by atoms with Crippen LogP contribution in [0.25, 0.3) is 0 Å². The van der Waals surface area contributed by atoms with E-state index in [1.165, 1.54) is 13.2 Å². The van der Waals surface area contributed by atoms with Gasteiger partial charge in [-0.3, -0.25) is 0 Å². The molecule has 0 aliphatic rings. The summed E-state index contributed by atoms with van der Waals surface area (Å²) in [5.41, 5.74) is 0.0989.